The van der Waals surface area contributed by atoms with E-state index in [1.165, 1.54) is 0 Å². The third-order valence-electron chi connectivity index (χ3n) is 2.50. The number of rotatable bonds is 5. The van der Waals surface area contributed by atoms with Crippen molar-refractivity contribution in [3.8, 4) is 0 Å². The topological polar surface area (TPSA) is 53.6 Å². The summed E-state index contributed by atoms with van der Waals surface area (Å²) in [5.41, 5.74) is 1.07. The monoisotopic (exact) mass is 216 g/mol. The van der Waals surface area contributed by atoms with Crippen LogP contribution in [0.15, 0.2) is 36.8 Å². The third-order valence-corrected chi connectivity index (χ3v) is 2.50. The molecular formula is C12H16N4. The molecule has 2 N–H and O–H groups in total. The molecule has 1 atom stereocenters. The standard InChI is InChI=1S/C12H16N4/c1-10(11-4-2-3-6-14-11)13-7-5-12-15-8-9-16-12/h2-4,6,8-10,13H,5,7H2,1H3,(H,15,16). The van der Waals surface area contributed by atoms with E-state index in [1.54, 1.807) is 6.20 Å². The molecule has 2 aromatic rings. The summed E-state index contributed by atoms with van der Waals surface area (Å²) in [7, 11) is 0. The molecule has 4 nitrogen and oxygen atoms in total. The lowest BCUT2D eigenvalue weighted by molar-refractivity contribution is 0.559. The number of hydrogen-bond acceptors (Lipinski definition) is 3. The zero-order chi connectivity index (χ0) is 11.2. The van der Waals surface area contributed by atoms with Crippen LogP contribution in [0.25, 0.3) is 0 Å². The number of hydrogen-bond donors (Lipinski definition) is 2. The van der Waals surface area contributed by atoms with Gasteiger partial charge in [0.2, 0.25) is 0 Å². The van der Waals surface area contributed by atoms with Gasteiger partial charge in [-0.1, -0.05) is 6.07 Å². The summed E-state index contributed by atoms with van der Waals surface area (Å²) >= 11 is 0. The van der Waals surface area contributed by atoms with Crippen molar-refractivity contribution >= 4 is 0 Å². The number of nitrogens with zero attached hydrogens (tertiary/aromatic N) is 2. The Morgan fingerprint density at radius 3 is 2.94 bits per heavy atom. The van der Waals surface area contributed by atoms with Gasteiger partial charge in [-0.15, -0.1) is 0 Å². The van der Waals surface area contributed by atoms with E-state index in [0.29, 0.717) is 0 Å². The minimum atomic E-state index is 0.274. The van der Waals surface area contributed by atoms with Gasteiger partial charge in [-0.3, -0.25) is 4.98 Å². The summed E-state index contributed by atoms with van der Waals surface area (Å²) in [6.45, 7) is 3.01. The minimum absolute atomic E-state index is 0.274. The number of nitrogens with one attached hydrogen (secondary N) is 2. The second kappa shape index (κ2) is 5.42. The Balaban J connectivity index is 1.78. The highest BCUT2D eigenvalue weighted by atomic mass is 14.9. The molecule has 0 saturated heterocycles. The van der Waals surface area contributed by atoms with Crippen LogP contribution in [0.3, 0.4) is 0 Å². The Labute approximate surface area is 95.1 Å². The molecule has 84 valence electrons. The molecule has 0 saturated carbocycles. The lowest BCUT2D eigenvalue weighted by Crippen LogP contribution is -2.22. The number of pyridine rings is 1. The fraction of sp³-hybridized carbons (Fsp3) is 0.333. The second-order valence-electron chi connectivity index (χ2n) is 3.72. The van der Waals surface area contributed by atoms with Crippen LogP contribution >= 0.6 is 0 Å². The Morgan fingerprint density at radius 1 is 1.31 bits per heavy atom. The molecule has 2 heterocycles. The molecule has 4 heteroatoms. The molecule has 0 fully saturated rings. The van der Waals surface area contributed by atoms with E-state index in [4.69, 9.17) is 0 Å². The van der Waals surface area contributed by atoms with Gasteiger partial charge in [-0.05, 0) is 19.1 Å². The number of aromatic amines is 1. The van der Waals surface area contributed by atoms with E-state index in [1.807, 2.05) is 30.6 Å². The van der Waals surface area contributed by atoms with Crippen LogP contribution in [0.1, 0.15) is 24.5 Å². The zero-order valence-corrected chi connectivity index (χ0v) is 9.35. The van der Waals surface area contributed by atoms with Crippen molar-refractivity contribution in [2.45, 2.75) is 19.4 Å². The largest absolute Gasteiger partial charge is 0.349 e. The molecule has 0 amide bonds. The fourth-order valence-corrected chi connectivity index (χ4v) is 1.58. The first-order chi connectivity index (χ1) is 7.86. The normalized spacial score (nSPS) is 12.6. The maximum Gasteiger partial charge on any atom is 0.107 e. The quantitative estimate of drug-likeness (QED) is 0.799. The van der Waals surface area contributed by atoms with Gasteiger partial charge in [0.15, 0.2) is 0 Å². The average Bonchev–Trinajstić information content (AvgIpc) is 2.83. The van der Waals surface area contributed by atoms with Gasteiger partial charge in [0.1, 0.15) is 5.82 Å². The molecule has 16 heavy (non-hydrogen) atoms. The van der Waals surface area contributed by atoms with Gasteiger partial charge in [-0.25, -0.2) is 4.98 Å². The van der Waals surface area contributed by atoms with Crippen LogP contribution in [0.4, 0.5) is 0 Å². The fourth-order valence-electron chi connectivity index (χ4n) is 1.58. The van der Waals surface area contributed by atoms with Crippen molar-refractivity contribution in [3.05, 3.63) is 48.3 Å². The number of imidazole rings is 1. The van der Waals surface area contributed by atoms with Crippen LogP contribution in [-0.4, -0.2) is 21.5 Å². The van der Waals surface area contributed by atoms with E-state index in [2.05, 4.69) is 27.2 Å². The predicted molar refractivity (Wildman–Crippen MR) is 62.9 cm³/mol. The summed E-state index contributed by atoms with van der Waals surface area (Å²) in [6.07, 6.45) is 6.35. The highest BCUT2D eigenvalue weighted by Gasteiger charge is 2.04. The molecule has 0 bridgehead atoms. The predicted octanol–water partition coefficient (Wildman–Crippen LogP) is 1.70. The van der Waals surface area contributed by atoms with Crippen molar-refractivity contribution in [1.82, 2.24) is 20.3 Å². The highest BCUT2D eigenvalue weighted by molar-refractivity contribution is 5.07. The lowest BCUT2D eigenvalue weighted by atomic mass is 10.2. The maximum absolute atomic E-state index is 4.31. The Hall–Kier alpha value is -1.68. The van der Waals surface area contributed by atoms with Gasteiger partial charge < -0.3 is 10.3 Å². The third kappa shape index (κ3) is 2.90. The van der Waals surface area contributed by atoms with Crippen molar-refractivity contribution in [2.24, 2.45) is 0 Å². The molecule has 0 aromatic carbocycles. The molecule has 2 aromatic heterocycles. The summed E-state index contributed by atoms with van der Waals surface area (Å²) in [4.78, 5) is 11.6. The van der Waals surface area contributed by atoms with Crippen LogP contribution in [0.5, 0.6) is 0 Å². The van der Waals surface area contributed by atoms with Gasteiger partial charge >= 0.3 is 0 Å². The van der Waals surface area contributed by atoms with Crippen LogP contribution in [-0.2, 0) is 6.42 Å². The van der Waals surface area contributed by atoms with Gasteiger partial charge in [-0.2, -0.15) is 0 Å². The highest BCUT2D eigenvalue weighted by Crippen LogP contribution is 2.07. The summed E-state index contributed by atoms with van der Waals surface area (Å²) in [5.74, 6) is 1.01. The number of aromatic nitrogens is 3. The molecule has 1 unspecified atom stereocenters. The van der Waals surface area contributed by atoms with E-state index < -0.39 is 0 Å². The summed E-state index contributed by atoms with van der Waals surface area (Å²) < 4.78 is 0. The smallest absolute Gasteiger partial charge is 0.107 e. The first-order valence-electron chi connectivity index (χ1n) is 5.49. The van der Waals surface area contributed by atoms with Gasteiger partial charge in [0.25, 0.3) is 0 Å². The van der Waals surface area contributed by atoms with E-state index in [0.717, 1.165) is 24.5 Å². The van der Waals surface area contributed by atoms with Crippen LogP contribution < -0.4 is 5.32 Å². The maximum atomic E-state index is 4.31. The average molecular weight is 216 g/mol. The Kier molecular flexibility index (Phi) is 3.66. The SMILES string of the molecule is CC(NCCc1ncc[nH]1)c1ccccn1. The molecule has 0 aliphatic rings. The van der Waals surface area contributed by atoms with E-state index in [9.17, 15) is 0 Å². The minimum Gasteiger partial charge on any atom is -0.349 e. The van der Waals surface area contributed by atoms with Gasteiger partial charge in [0.05, 0.1) is 5.69 Å². The van der Waals surface area contributed by atoms with Gasteiger partial charge in [0, 0.05) is 37.6 Å². The molecule has 2 rings (SSSR count). The first kappa shape index (κ1) is 10.8. The van der Waals surface area contributed by atoms with Crippen molar-refractivity contribution in [1.29, 1.82) is 0 Å². The Morgan fingerprint density at radius 2 is 2.25 bits per heavy atom. The first-order valence-corrected chi connectivity index (χ1v) is 5.49. The zero-order valence-electron chi connectivity index (χ0n) is 9.35. The van der Waals surface area contributed by atoms with Crippen molar-refractivity contribution in [3.63, 3.8) is 0 Å². The van der Waals surface area contributed by atoms with E-state index in [-0.39, 0.29) is 6.04 Å². The van der Waals surface area contributed by atoms with Crippen molar-refractivity contribution in [2.75, 3.05) is 6.54 Å². The molecule has 0 aliphatic heterocycles. The van der Waals surface area contributed by atoms with Crippen LogP contribution in [0.2, 0.25) is 0 Å². The molecular weight excluding hydrogens is 200 g/mol. The lowest BCUT2D eigenvalue weighted by Gasteiger charge is -2.12. The molecule has 0 aliphatic carbocycles. The second-order valence-corrected chi connectivity index (χ2v) is 3.72. The Bertz CT molecular complexity index is 396. The van der Waals surface area contributed by atoms with Crippen molar-refractivity contribution < 1.29 is 0 Å². The number of H-pyrrole nitrogens is 1. The van der Waals surface area contributed by atoms with E-state index >= 15 is 0 Å². The molecule has 0 spiro atoms. The summed E-state index contributed by atoms with van der Waals surface area (Å²) in [5, 5.41) is 3.41. The molecule has 0 radical (unpaired) electrons. The summed E-state index contributed by atoms with van der Waals surface area (Å²) in [6, 6.07) is 6.24. The van der Waals surface area contributed by atoms with Crippen LogP contribution in [0, 0.1) is 0 Å².